The summed E-state index contributed by atoms with van der Waals surface area (Å²) in [6.07, 6.45) is 0.603. The summed E-state index contributed by atoms with van der Waals surface area (Å²) in [4.78, 5) is 33.1. The Morgan fingerprint density at radius 1 is 0.730 bits per heavy atom. The lowest BCUT2D eigenvalue weighted by Gasteiger charge is -2.11. The highest BCUT2D eigenvalue weighted by atomic mass is 35.5. The maximum Gasteiger partial charge on any atom is 0.319 e. The number of amides is 4. The summed E-state index contributed by atoms with van der Waals surface area (Å²) in [6, 6.07) is 15.2. The molecule has 4 amide bonds. The first-order valence-electron chi connectivity index (χ1n) is 11.9. The third kappa shape index (κ3) is 8.83. The van der Waals surface area contributed by atoms with Crippen LogP contribution in [-0.2, 0) is 0 Å². The van der Waals surface area contributed by atoms with Crippen molar-refractivity contribution in [3.05, 3.63) is 59.7 Å². The molecule has 0 radical (unpaired) electrons. The van der Waals surface area contributed by atoms with Gasteiger partial charge in [0.15, 0.2) is 0 Å². The Balaban J connectivity index is 0.00000241. The van der Waals surface area contributed by atoms with Crippen molar-refractivity contribution in [2.75, 3.05) is 36.8 Å². The average Bonchev–Trinajstić information content (AvgIpc) is 3.48. The highest BCUT2D eigenvalue weighted by Gasteiger charge is 2.15. The van der Waals surface area contributed by atoms with E-state index in [1.54, 1.807) is 0 Å². The van der Waals surface area contributed by atoms with Crippen molar-refractivity contribution in [3.63, 3.8) is 0 Å². The number of urea groups is 2. The van der Waals surface area contributed by atoms with E-state index in [2.05, 4.69) is 55.7 Å². The molecule has 2 aromatic rings. The minimum absolute atomic E-state index is 0. The van der Waals surface area contributed by atoms with Gasteiger partial charge in [0.05, 0.1) is 13.1 Å². The van der Waals surface area contributed by atoms with E-state index < -0.39 is 0 Å². The molecule has 2 aliphatic heterocycles. The van der Waals surface area contributed by atoms with Crippen LogP contribution in [0.1, 0.15) is 31.4 Å². The van der Waals surface area contributed by atoms with E-state index in [1.807, 2.05) is 48.5 Å². The summed E-state index contributed by atoms with van der Waals surface area (Å²) in [5, 5.41) is 17.8. The number of anilines is 2. The van der Waals surface area contributed by atoms with Gasteiger partial charge in [-0.2, -0.15) is 0 Å². The average molecular weight is 550 g/mol. The molecular weight excluding hydrogens is 515 g/mol. The van der Waals surface area contributed by atoms with Gasteiger partial charge in [-0.25, -0.2) is 9.59 Å². The number of benzene rings is 2. The number of carbonyl (C=O) groups excluding carboxylic acids is 2. The Morgan fingerprint density at radius 3 is 1.43 bits per heavy atom. The summed E-state index contributed by atoms with van der Waals surface area (Å²) in [5.74, 6) is 1.76. The van der Waals surface area contributed by atoms with Crippen LogP contribution < -0.4 is 31.9 Å². The van der Waals surface area contributed by atoms with E-state index in [0.717, 1.165) is 35.9 Å². The number of amidine groups is 2. The number of nitrogens with zero attached hydrogens (tertiary/aromatic N) is 2. The molecule has 0 spiro atoms. The molecule has 0 bridgehead atoms. The molecule has 0 saturated heterocycles. The van der Waals surface area contributed by atoms with Gasteiger partial charge in [-0.1, -0.05) is 0 Å². The zero-order valence-corrected chi connectivity index (χ0v) is 22.5. The second-order valence-corrected chi connectivity index (χ2v) is 8.74. The molecule has 2 aliphatic rings. The molecule has 0 aliphatic carbocycles. The van der Waals surface area contributed by atoms with Crippen LogP contribution in [0.5, 0.6) is 0 Å². The second-order valence-electron chi connectivity index (χ2n) is 8.74. The third-order valence-electron chi connectivity index (χ3n) is 5.57. The molecule has 0 saturated carbocycles. The smallest absolute Gasteiger partial charge is 0.319 e. The lowest BCUT2D eigenvalue weighted by Crippen LogP contribution is -2.34. The van der Waals surface area contributed by atoms with Crippen LogP contribution in [-0.4, -0.2) is 62.0 Å². The normalized spacial score (nSPS) is 17.6. The Hall–Kier alpha value is -3.50. The first kappa shape index (κ1) is 29.7. The summed E-state index contributed by atoms with van der Waals surface area (Å²) < 4.78 is 0. The molecule has 2 unspecified atom stereocenters. The molecular formula is C25H34Cl2N8O2. The van der Waals surface area contributed by atoms with Crippen LogP contribution in [0.2, 0.25) is 0 Å². The lowest BCUT2D eigenvalue weighted by atomic mass is 10.2. The fourth-order valence-electron chi connectivity index (χ4n) is 3.72. The van der Waals surface area contributed by atoms with Crippen molar-refractivity contribution in [1.82, 2.24) is 21.3 Å². The van der Waals surface area contributed by atoms with E-state index in [-0.39, 0.29) is 36.9 Å². The number of aliphatic imine (C=N–C) groups is 2. The van der Waals surface area contributed by atoms with E-state index in [4.69, 9.17) is 0 Å². The Morgan fingerprint density at radius 2 is 1.11 bits per heavy atom. The zero-order chi connectivity index (χ0) is 24.6. The van der Waals surface area contributed by atoms with E-state index in [9.17, 15) is 9.59 Å². The van der Waals surface area contributed by atoms with Gasteiger partial charge in [0, 0.05) is 47.7 Å². The third-order valence-corrected chi connectivity index (χ3v) is 5.57. The Bertz CT molecular complexity index is 1020. The van der Waals surface area contributed by atoms with Gasteiger partial charge < -0.3 is 31.9 Å². The number of hydrogen-bond acceptors (Lipinski definition) is 6. The molecule has 10 nitrogen and oxygen atoms in total. The van der Waals surface area contributed by atoms with Crippen molar-refractivity contribution >= 4 is 59.9 Å². The topological polar surface area (TPSA) is 131 Å². The van der Waals surface area contributed by atoms with Gasteiger partial charge in [-0.05, 0) is 68.8 Å². The maximum absolute atomic E-state index is 12.1. The van der Waals surface area contributed by atoms with Gasteiger partial charge in [-0.3, -0.25) is 9.98 Å². The maximum atomic E-state index is 12.1. The summed E-state index contributed by atoms with van der Waals surface area (Å²) in [7, 11) is 0. The number of carbonyl (C=O) groups is 2. The minimum atomic E-state index is -0.289. The molecule has 2 aromatic carbocycles. The van der Waals surface area contributed by atoms with Gasteiger partial charge in [-0.15, -0.1) is 24.8 Å². The van der Waals surface area contributed by atoms with Crippen molar-refractivity contribution in [3.8, 4) is 0 Å². The molecule has 0 fully saturated rings. The fraction of sp³-hybridized carbons (Fsp3) is 0.360. The molecule has 2 heterocycles. The second kappa shape index (κ2) is 14.3. The minimum Gasteiger partial charge on any atom is -0.366 e. The van der Waals surface area contributed by atoms with Gasteiger partial charge in [0.1, 0.15) is 11.7 Å². The predicted molar refractivity (Wildman–Crippen MR) is 154 cm³/mol. The SMILES string of the molecule is CC1CN=C(c2ccc(NC(=O)NCCCNC(=O)Nc3ccc(C4=NCC(C)N4)cc3)cc2)N1.Cl.Cl. The van der Waals surface area contributed by atoms with Crippen LogP contribution in [0.25, 0.3) is 0 Å². The van der Waals surface area contributed by atoms with Crippen LogP contribution >= 0.6 is 24.8 Å². The predicted octanol–water partition coefficient (Wildman–Crippen LogP) is 3.34. The quantitative estimate of drug-likeness (QED) is 0.282. The largest absolute Gasteiger partial charge is 0.366 e. The van der Waals surface area contributed by atoms with Crippen LogP contribution in [0.15, 0.2) is 58.5 Å². The van der Waals surface area contributed by atoms with Crippen molar-refractivity contribution in [2.45, 2.75) is 32.4 Å². The molecule has 6 N–H and O–H groups in total. The number of halogens is 2. The standard InChI is InChI=1S/C25H32N8O2.2ClH/c1-16-14-28-22(30-16)18-4-8-20(9-5-18)32-24(34)26-12-3-13-27-25(35)33-21-10-6-19(7-11-21)23-29-15-17(2)31-23;;/h4-11,16-17H,3,12-15H2,1-2H3,(H,28,30)(H,29,31)(H2,26,32,34)(H2,27,33,35);2*1H. The molecule has 0 aromatic heterocycles. The highest BCUT2D eigenvalue weighted by Crippen LogP contribution is 2.13. The van der Waals surface area contributed by atoms with Gasteiger partial charge in [0.25, 0.3) is 0 Å². The summed E-state index contributed by atoms with van der Waals surface area (Å²) >= 11 is 0. The molecule has 12 heteroatoms. The van der Waals surface area contributed by atoms with Crippen LogP contribution in [0.3, 0.4) is 0 Å². The monoisotopic (exact) mass is 548 g/mol. The molecule has 200 valence electrons. The first-order chi connectivity index (χ1) is 17.0. The molecule has 4 rings (SSSR count). The van der Waals surface area contributed by atoms with E-state index in [1.165, 1.54) is 0 Å². The summed E-state index contributed by atoms with van der Waals surface area (Å²) in [6.45, 7) is 6.59. The first-order valence-corrected chi connectivity index (χ1v) is 11.9. The van der Waals surface area contributed by atoms with E-state index in [0.29, 0.717) is 43.0 Å². The zero-order valence-electron chi connectivity index (χ0n) is 20.8. The van der Waals surface area contributed by atoms with Crippen LogP contribution in [0.4, 0.5) is 21.0 Å². The number of rotatable bonds is 8. The van der Waals surface area contributed by atoms with Crippen molar-refractivity contribution < 1.29 is 9.59 Å². The van der Waals surface area contributed by atoms with Crippen LogP contribution in [0, 0.1) is 0 Å². The highest BCUT2D eigenvalue weighted by molar-refractivity contribution is 6.01. The Kier molecular flexibility index (Phi) is 11.5. The fourth-order valence-corrected chi connectivity index (χ4v) is 3.72. The lowest BCUT2D eigenvalue weighted by molar-refractivity contribution is 0.251. The molecule has 37 heavy (non-hydrogen) atoms. The molecule has 2 atom stereocenters. The van der Waals surface area contributed by atoms with Gasteiger partial charge in [0.2, 0.25) is 0 Å². The van der Waals surface area contributed by atoms with Crippen molar-refractivity contribution in [1.29, 1.82) is 0 Å². The Labute approximate surface area is 229 Å². The number of nitrogens with one attached hydrogen (secondary N) is 6. The van der Waals surface area contributed by atoms with E-state index >= 15 is 0 Å². The van der Waals surface area contributed by atoms with Crippen molar-refractivity contribution in [2.24, 2.45) is 9.98 Å². The van der Waals surface area contributed by atoms with Gasteiger partial charge >= 0.3 is 12.1 Å². The number of hydrogen-bond donors (Lipinski definition) is 6. The summed E-state index contributed by atoms with van der Waals surface area (Å²) in [5.41, 5.74) is 3.39.